The van der Waals surface area contributed by atoms with Crippen LogP contribution in [0.15, 0.2) is 72.6 Å². The third kappa shape index (κ3) is 5.09. The molecule has 0 unspecified atom stereocenters. The van der Waals surface area contributed by atoms with Gasteiger partial charge < -0.3 is 15.2 Å². The minimum Gasteiger partial charge on any atom is -0.384 e. The number of allylic oxidation sites excluding steroid dienone is 2. The van der Waals surface area contributed by atoms with Crippen molar-refractivity contribution in [2.24, 2.45) is 4.99 Å². The molecule has 0 saturated carbocycles. The quantitative estimate of drug-likeness (QED) is 0.215. The van der Waals surface area contributed by atoms with Gasteiger partial charge in [-0.2, -0.15) is 5.10 Å². The molecule has 0 fully saturated rings. The van der Waals surface area contributed by atoms with Crippen molar-refractivity contribution in [3.05, 3.63) is 79.0 Å². The molecule has 9 heteroatoms. The number of benzene rings is 1. The molecule has 0 aliphatic rings. The van der Waals surface area contributed by atoms with Crippen LogP contribution in [0.1, 0.15) is 12.5 Å². The number of rotatable bonds is 9. The fourth-order valence-corrected chi connectivity index (χ4v) is 4.38. The molecule has 3 N–H and O–H groups in total. The van der Waals surface area contributed by atoms with Crippen LogP contribution in [0.25, 0.3) is 50.2 Å². The van der Waals surface area contributed by atoms with Crippen molar-refractivity contribution >= 4 is 39.4 Å². The lowest BCUT2D eigenvalue weighted by Crippen LogP contribution is -2.20. The summed E-state index contributed by atoms with van der Waals surface area (Å²) < 4.78 is 14.6. The molecule has 0 saturated heterocycles. The van der Waals surface area contributed by atoms with E-state index >= 15 is 0 Å². The molecular weight excluding hydrogens is 479 g/mol. The van der Waals surface area contributed by atoms with Gasteiger partial charge in [-0.1, -0.05) is 12.7 Å². The van der Waals surface area contributed by atoms with Gasteiger partial charge in [0.15, 0.2) is 5.65 Å². The van der Waals surface area contributed by atoms with Crippen LogP contribution in [-0.4, -0.2) is 63.4 Å². The maximum Gasteiger partial charge on any atom is 0.181 e. The summed E-state index contributed by atoms with van der Waals surface area (Å²) in [4.78, 5) is 18.8. The summed E-state index contributed by atoms with van der Waals surface area (Å²) in [6.45, 7) is 7.14. The van der Waals surface area contributed by atoms with Crippen molar-refractivity contribution in [1.82, 2.24) is 30.0 Å². The molecule has 5 rings (SSSR count). The van der Waals surface area contributed by atoms with Gasteiger partial charge in [0.1, 0.15) is 5.82 Å². The molecule has 0 spiro atoms. The third-order valence-corrected chi connectivity index (χ3v) is 6.25. The summed E-state index contributed by atoms with van der Waals surface area (Å²) in [6, 6.07) is 10.9. The van der Waals surface area contributed by atoms with Gasteiger partial charge in [-0.3, -0.25) is 15.1 Å². The number of nitrogens with one attached hydrogen (secondary N) is 3. The predicted molar refractivity (Wildman–Crippen MR) is 154 cm³/mol. The van der Waals surface area contributed by atoms with Crippen LogP contribution < -0.4 is 5.32 Å². The number of H-pyrrole nitrogens is 2. The second-order valence-corrected chi connectivity index (χ2v) is 9.16. The van der Waals surface area contributed by atoms with Crippen molar-refractivity contribution in [2.45, 2.75) is 6.92 Å². The molecule has 0 bridgehead atoms. The van der Waals surface area contributed by atoms with Crippen LogP contribution in [0.4, 0.5) is 10.1 Å². The van der Waals surface area contributed by atoms with E-state index in [0.717, 1.165) is 45.4 Å². The van der Waals surface area contributed by atoms with E-state index in [-0.39, 0.29) is 5.82 Å². The molecule has 4 heterocycles. The molecule has 5 aromatic rings. The smallest absolute Gasteiger partial charge is 0.181 e. The lowest BCUT2D eigenvalue weighted by molar-refractivity contribution is 0.425. The van der Waals surface area contributed by atoms with Gasteiger partial charge in [0.25, 0.3) is 0 Å². The van der Waals surface area contributed by atoms with E-state index < -0.39 is 0 Å². The van der Waals surface area contributed by atoms with Gasteiger partial charge >= 0.3 is 0 Å². The van der Waals surface area contributed by atoms with E-state index in [1.54, 1.807) is 18.6 Å². The van der Waals surface area contributed by atoms with E-state index in [1.807, 2.05) is 51.4 Å². The normalized spacial score (nSPS) is 12.3. The molecule has 192 valence electrons. The molecule has 0 aliphatic heterocycles. The molecule has 38 heavy (non-hydrogen) atoms. The minimum atomic E-state index is -0.317. The monoisotopic (exact) mass is 508 g/mol. The number of nitrogens with zero attached hydrogens (tertiary/aromatic N) is 5. The molecule has 4 aromatic heterocycles. The highest BCUT2D eigenvalue weighted by Gasteiger charge is 2.16. The Morgan fingerprint density at radius 3 is 2.82 bits per heavy atom. The highest BCUT2D eigenvalue weighted by atomic mass is 19.1. The summed E-state index contributed by atoms with van der Waals surface area (Å²) in [6.07, 6.45) is 8.72. The molecule has 8 nitrogen and oxygen atoms in total. The summed E-state index contributed by atoms with van der Waals surface area (Å²) in [7, 11) is 4.01. The SMILES string of the molecule is C=CN=C/C(=C\C)c1cnc2n[nH]c(-c3cc4c(-c5cc(F)cc(NCCN(C)C)c5)nccc4[nH]3)c2c1. The van der Waals surface area contributed by atoms with Crippen LogP contribution in [0, 0.1) is 5.82 Å². The highest BCUT2D eigenvalue weighted by molar-refractivity contribution is 6.11. The molecule has 0 aliphatic carbocycles. The van der Waals surface area contributed by atoms with Gasteiger partial charge in [-0.05, 0) is 63.0 Å². The number of aromatic amines is 2. The minimum absolute atomic E-state index is 0.317. The van der Waals surface area contributed by atoms with Gasteiger partial charge in [-0.25, -0.2) is 9.37 Å². The Morgan fingerprint density at radius 1 is 1.16 bits per heavy atom. The van der Waals surface area contributed by atoms with Gasteiger partial charge in [0.2, 0.25) is 0 Å². The lowest BCUT2D eigenvalue weighted by Gasteiger charge is -2.12. The number of pyridine rings is 2. The standard InChI is InChI=1S/C29H29FN8/c1-5-18(16-31-6-2)20-13-24-28(36-37-29(24)34-17-20)26-15-23-25(35-26)7-8-33-27(23)19-11-21(30)14-22(12-19)32-9-10-38(3)4/h5-8,11-17,32,35H,2,9-10H2,1,3-4H3,(H,34,36,37)/b18-5+,31-16?. The van der Waals surface area contributed by atoms with E-state index in [1.165, 1.54) is 18.3 Å². The van der Waals surface area contributed by atoms with Crippen LogP contribution in [0.2, 0.25) is 0 Å². The van der Waals surface area contributed by atoms with Crippen molar-refractivity contribution in [3.8, 4) is 22.6 Å². The van der Waals surface area contributed by atoms with E-state index in [2.05, 4.69) is 46.9 Å². The fraction of sp³-hybridized carbons (Fsp3) is 0.172. The Hall–Kier alpha value is -4.63. The van der Waals surface area contributed by atoms with Gasteiger partial charge in [0.05, 0.1) is 17.1 Å². The zero-order chi connectivity index (χ0) is 26.6. The zero-order valence-electron chi connectivity index (χ0n) is 21.6. The molecule has 0 radical (unpaired) electrons. The van der Waals surface area contributed by atoms with Crippen molar-refractivity contribution in [2.75, 3.05) is 32.5 Å². The zero-order valence-corrected chi connectivity index (χ0v) is 21.6. The Bertz CT molecular complexity index is 1680. The second kappa shape index (κ2) is 10.8. The Balaban J connectivity index is 1.55. The summed E-state index contributed by atoms with van der Waals surface area (Å²) in [5.74, 6) is -0.317. The third-order valence-electron chi connectivity index (χ3n) is 6.25. The van der Waals surface area contributed by atoms with Crippen LogP contribution in [-0.2, 0) is 0 Å². The number of hydrogen-bond acceptors (Lipinski definition) is 6. The molecule has 0 amide bonds. The van der Waals surface area contributed by atoms with Crippen LogP contribution in [0.5, 0.6) is 0 Å². The Kier molecular flexibility index (Phi) is 7.10. The largest absolute Gasteiger partial charge is 0.384 e. The molecule has 0 atom stereocenters. The maximum absolute atomic E-state index is 14.6. The highest BCUT2D eigenvalue weighted by Crippen LogP contribution is 2.34. The van der Waals surface area contributed by atoms with Crippen molar-refractivity contribution < 1.29 is 4.39 Å². The average Bonchev–Trinajstić information content (AvgIpc) is 3.52. The first kappa shape index (κ1) is 25.0. The first-order valence-corrected chi connectivity index (χ1v) is 12.3. The summed E-state index contributed by atoms with van der Waals surface area (Å²) >= 11 is 0. The van der Waals surface area contributed by atoms with Crippen LogP contribution >= 0.6 is 0 Å². The number of hydrogen-bond donors (Lipinski definition) is 3. The number of anilines is 1. The first-order valence-electron chi connectivity index (χ1n) is 12.3. The van der Waals surface area contributed by atoms with Gasteiger partial charge in [0, 0.05) is 71.0 Å². The topological polar surface area (TPSA) is 97.9 Å². The predicted octanol–water partition coefficient (Wildman–Crippen LogP) is 5.90. The number of aliphatic imine (C=N–C) groups is 1. The van der Waals surface area contributed by atoms with Crippen LogP contribution in [0.3, 0.4) is 0 Å². The first-order chi connectivity index (χ1) is 18.5. The number of fused-ring (bicyclic) bond motifs is 2. The molecular formula is C29H29FN8. The second-order valence-electron chi connectivity index (χ2n) is 9.16. The lowest BCUT2D eigenvalue weighted by atomic mass is 10.1. The Labute approximate surface area is 220 Å². The summed E-state index contributed by atoms with van der Waals surface area (Å²) in [5.41, 5.74) is 7.08. The van der Waals surface area contributed by atoms with E-state index in [0.29, 0.717) is 29.1 Å². The maximum atomic E-state index is 14.6. The number of likely N-dealkylation sites (N-methyl/N-ethyl adjacent to an activating group) is 1. The van der Waals surface area contributed by atoms with E-state index in [4.69, 9.17) is 0 Å². The van der Waals surface area contributed by atoms with Crippen molar-refractivity contribution in [3.63, 3.8) is 0 Å². The molecule has 1 aromatic carbocycles. The Morgan fingerprint density at radius 2 is 2.03 bits per heavy atom. The van der Waals surface area contributed by atoms with Crippen molar-refractivity contribution in [1.29, 1.82) is 0 Å². The number of halogens is 1. The van der Waals surface area contributed by atoms with Gasteiger partial charge in [-0.15, -0.1) is 0 Å². The summed E-state index contributed by atoms with van der Waals surface area (Å²) in [5, 5.41) is 12.6. The average molecular weight is 509 g/mol. The number of aromatic nitrogens is 5. The fourth-order valence-electron chi connectivity index (χ4n) is 4.38. The van der Waals surface area contributed by atoms with E-state index in [9.17, 15) is 4.39 Å².